The summed E-state index contributed by atoms with van der Waals surface area (Å²) in [6.07, 6.45) is 5.02. The Hall–Kier alpha value is -2.09. The average Bonchev–Trinajstić information content (AvgIpc) is 2.73. The van der Waals surface area contributed by atoms with Gasteiger partial charge >= 0.3 is 0 Å². The minimum Gasteiger partial charge on any atom is -0.484 e. The molecule has 1 fully saturated rings. The van der Waals surface area contributed by atoms with Crippen LogP contribution in [0.3, 0.4) is 0 Å². The number of hydrogen-bond acceptors (Lipinski definition) is 4. The van der Waals surface area contributed by atoms with E-state index >= 15 is 0 Å². The van der Waals surface area contributed by atoms with Crippen molar-refractivity contribution < 1.29 is 17.9 Å². The number of hydrogen-bond donors (Lipinski definition) is 2. The van der Waals surface area contributed by atoms with Crippen LogP contribution < -0.4 is 14.8 Å². The maximum atomic E-state index is 12.7. The van der Waals surface area contributed by atoms with Crippen LogP contribution in [0.15, 0.2) is 47.4 Å². The molecule has 0 aliphatic heterocycles. The molecule has 0 spiro atoms. The molecule has 3 rings (SSSR count). The molecule has 168 valence electrons. The Morgan fingerprint density at radius 1 is 1.13 bits per heavy atom. The van der Waals surface area contributed by atoms with E-state index in [0.29, 0.717) is 16.3 Å². The van der Waals surface area contributed by atoms with E-state index in [9.17, 15) is 13.2 Å². The predicted molar refractivity (Wildman–Crippen MR) is 122 cm³/mol. The Bertz CT molecular complexity index is 1000. The Labute approximate surface area is 189 Å². The third-order valence-electron chi connectivity index (χ3n) is 5.49. The van der Waals surface area contributed by atoms with Crippen molar-refractivity contribution in [3.8, 4) is 5.75 Å². The summed E-state index contributed by atoms with van der Waals surface area (Å²) in [5.74, 6) is 0.212. The lowest BCUT2D eigenvalue weighted by molar-refractivity contribution is -0.123. The van der Waals surface area contributed by atoms with Gasteiger partial charge in [0.15, 0.2) is 6.61 Å². The maximum absolute atomic E-state index is 12.7. The fourth-order valence-electron chi connectivity index (χ4n) is 3.72. The summed E-state index contributed by atoms with van der Waals surface area (Å²) < 4.78 is 33.8. The van der Waals surface area contributed by atoms with Crippen LogP contribution in [0.25, 0.3) is 0 Å². The van der Waals surface area contributed by atoms with Crippen LogP contribution in [0.1, 0.15) is 56.2 Å². The van der Waals surface area contributed by atoms with Crippen LogP contribution in [0.2, 0.25) is 5.02 Å². The predicted octanol–water partition coefficient (Wildman–Crippen LogP) is 4.52. The molecule has 31 heavy (non-hydrogen) atoms. The number of nitrogens with one attached hydrogen (secondary N) is 2. The minimum atomic E-state index is -3.57. The molecule has 1 aliphatic carbocycles. The molecule has 0 aromatic heterocycles. The fraction of sp³-hybridized carbons (Fsp3) is 0.435. The van der Waals surface area contributed by atoms with Crippen molar-refractivity contribution >= 4 is 27.5 Å². The molecule has 2 N–H and O–H groups in total. The number of carbonyl (C=O) groups excluding carboxylic acids is 1. The smallest absolute Gasteiger partial charge is 0.258 e. The van der Waals surface area contributed by atoms with Gasteiger partial charge in [0.1, 0.15) is 5.75 Å². The highest BCUT2D eigenvalue weighted by Gasteiger charge is 2.22. The second-order valence-electron chi connectivity index (χ2n) is 8.01. The van der Waals surface area contributed by atoms with Gasteiger partial charge in [-0.3, -0.25) is 4.79 Å². The summed E-state index contributed by atoms with van der Waals surface area (Å²) in [6.45, 7) is 3.49. The molecule has 0 unspecified atom stereocenters. The van der Waals surface area contributed by atoms with Gasteiger partial charge in [0.2, 0.25) is 10.0 Å². The Balaban J connectivity index is 1.56. The van der Waals surface area contributed by atoms with Gasteiger partial charge in [-0.1, -0.05) is 43.0 Å². The molecule has 8 heteroatoms. The molecule has 1 aliphatic rings. The number of halogens is 1. The van der Waals surface area contributed by atoms with Crippen molar-refractivity contribution in [2.45, 2.75) is 62.9 Å². The first-order valence-electron chi connectivity index (χ1n) is 10.6. The van der Waals surface area contributed by atoms with Crippen molar-refractivity contribution in [2.75, 3.05) is 6.61 Å². The summed E-state index contributed by atoms with van der Waals surface area (Å²) in [6, 6.07) is 11.8. The quantitative estimate of drug-likeness (QED) is 0.601. The first-order chi connectivity index (χ1) is 14.7. The first kappa shape index (κ1) is 23.6. The summed E-state index contributed by atoms with van der Waals surface area (Å²) in [5.41, 5.74) is 1.60. The van der Waals surface area contributed by atoms with Crippen LogP contribution in [-0.4, -0.2) is 27.0 Å². The fourth-order valence-corrected chi connectivity index (χ4v) is 5.24. The van der Waals surface area contributed by atoms with Gasteiger partial charge < -0.3 is 10.1 Å². The van der Waals surface area contributed by atoms with E-state index in [4.69, 9.17) is 16.3 Å². The summed E-state index contributed by atoms with van der Waals surface area (Å²) in [5, 5.41) is 3.51. The monoisotopic (exact) mass is 464 g/mol. The second kappa shape index (κ2) is 10.5. The summed E-state index contributed by atoms with van der Waals surface area (Å²) in [4.78, 5) is 12.5. The number of sulfonamides is 1. The molecular formula is C23H29ClN2O4S. The van der Waals surface area contributed by atoms with E-state index in [1.165, 1.54) is 6.07 Å². The van der Waals surface area contributed by atoms with E-state index in [1.807, 2.05) is 19.1 Å². The first-order valence-corrected chi connectivity index (χ1v) is 12.4. The molecule has 2 aromatic carbocycles. The molecule has 2 aromatic rings. The highest BCUT2D eigenvalue weighted by molar-refractivity contribution is 7.89. The topological polar surface area (TPSA) is 84.5 Å². The molecule has 6 nitrogen and oxygen atoms in total. The molecule has 1 atom stereocenters. The van der Waals surface area contributed by atoms with Crippen molar-refractivity contribution in [3.05, 3.63) is 58.6 Å². The largest absolute Gasteiger partial charge is 0.484 e. The Morgan fingerprint density at radius 2 is 1.81 bits per heavy atom. The normalized spacial score (nSPS) is 16.0. The zero-order chi connectivity index (χ0) is 22.4. The third kappa shape index (κ3) is 6.69. The van der Waals surface area contributed by atoms with Gasteiger partial charge in [-0.25, -0.2) is 13.1 Å². The molecule has 1 amide bonds. The number of ether oxygens (including phenoxy) is 1. The maximum Gasteiger partial charge on any atom is 0.258 e. The van der Waals surface area contributed by atoms with Gasteiger partial charge in [0, 0.05) is 11.1 Å². The molecular weight excluding hydrogens is 436 g/mol. The molecule has 0 heterocycles. The number of carbonyl (C=O) groups is 1. The SMILES string of the molecule is Cc1cc(S(=O)(=O)NC2CCCCC2)ccc1OCC(=O)N[C@@H](C)c1ccc(Cl)cc1. The van der Waals surface area contributed by atoms with E-state index in [0.717, 1.165) is 37.7 Å². The summed E-state index contributed by atoms with van der Waals surface area (Å²) in [7, 11) is -3.57. The van der Waals surface area contributed by atoms with Crippen LogP contribution in [0.4, 0.5) is 0 Å². The zero-order valence-corrected chi connectivity index (χ0v) is 19.4. The molecule has 0 saturated heterocycles. The van der Waals surface area contributed by atoms with Gasteiger partial charge in [-0.05, 0) is 68.1 Å². The lowest BCUT2D eigenvalue weighted by atomic mass is 9.96. The van der Waals surface area contributed by atoms with E-state index in [2.05, 4.69) is 10.0 Å². The van der Waals surface area contributed by atoms with Crippen LogP contribution >= 0.6 is 11.6 Å². The number of benzene rings is 2. The van der Waals surface area contributed by atoms with Crippen LogP contribution in [0, 0.1) is 6.92 Å². The van der Waals surface area contributed by atoms with Crippen molar-refractivity contribution in [2.24, 2.45) is 0 Å². The van der Waals surface area contributed by atoms with E-state index in [1.54, 1.807) is 31.2 Å². The van der Waals surface area contributed by atoms with Gasteiger partial charge in [-0.2, -0.15) is 0 Å². The van der Waals surface area contributed by atoms with E-state index in [-0.39, 0.29) is 29.5 Å². The third-order valence-corrected chi connectivity index (χ3v) is 7.26. The number of aryl methyl sites for hydroxylation is 1. The molecule has 0 radical (unpaired) electrons. The standard InChI is InChI=1S/C23H29ClN2O4S/c1-16-14-21(31(28,29)26-20-6-4-3-5-7-20)12-13-22(16)30-15-23(27)25-17(2)18-8-10-19(24)11-9-18/h8-14,17,20,26H,3-7,15H2,1-2H3,(H,25,27)/t17-/m0/s1. The van der Waals surface area contributed by atoms with Gasteiger partial charge in [-0.15, -0.1) is 0 Å². The number of rotatable bonds is 8. The minimum absolute atomic E-state index is 0.00121. The van der Waals surface area contributed by atoms with Crippen molar-refractivity contribution in [1.82, 2.24) is 10.0 Å². The van der Waals surface area contributed by atoms with Gasteiger partial charge in [0.25, 0.3) is 5.91 Å². The zero-order valence-electron chi connectivity index (χ0n) is 17.9. The Morgan fingerprint density at radius 3 is 2.45 bits per heavy atom. The average molecular weight is 465 g/mol. The molecule has 1 saturated carbocycles. The van der Waals surface area contributed by atoms with Crippen molar-refractivity contribution in [1.29, 1.82) is 0 Å². The summed E-state index contributed by atoms with van der Waals surface area (Å²) >= 11 is 5.89. The van der Waals surface area contributed by atoms with Crippen LogP contribution in [-0.2, 0) is 14.8 Å². The lowest BCUT2D eigenvalue weighted by Crippen LogP contribution is -2.36. The Kier molecular flexibility index (Phi) is 7.97. The van der Waals surface area contributed by atoms with Crippen molar-refractivity contribution in [3.63, 3.8) is 0 Å². The highest BCUT2D eigenvalue weighted by atomic mass is 35.5. The lowest BCUT2D eigenvalue weighted by Gasteiger charge is -2.22. The van der Waals surface area contributed by atoms with Gasteiger partial charge in [0.05, 0.1) is 10.9 Å². The molecule has 0 bridgehead atoms. The second-order valence-corrected chi connectivity index (χ2v) is 10.2. The highest BCUT2D eigenvalue weighted by Crippen LogP contribution is 2.24. The van der Waals surface area contributed by atoms with Crippen LogP contribution in [0.5, 0.6) is 5.75 Å². The van der Waals surface area contributed by atoms with E-state index < -0.39 is 10.0 Å². The number of amides is 1.